The summed E-state index contributed by atoms with van der Waals surface area (Å²) in [6.07, 6.45) is 2.98. The Balaban J connectivity index is 0.00000480. The maximum atomic E-state index is 12.2. The zero-order valence-corrected chi connectivity index (χ0v) is 21.8. The lowest BCUT2D eigenvalue weighted by Gasteiger charge is -2.23. The summed E-state index contributed by atoms with van der Waals surface area (Å²) in [6.45, 7) is 3.21. The molecule has 0 amide bonds. The van der Waals surface area contributed by atoms with Crippen molar-refractivity contribution in [2.45, 2.75) is 38.3 Å². The van der Waals surface area contributed by atoms with Gasteiger partial charge in [0.2, 0.25) is 10.0 Å². The van der Waals surface area contributed by atoms with Crippen LogP contribution in [0, 0.1) is 0 Å². The van der Waals surface area contributed by atoms with Crippen molar-refractivity contribution in [1.82, 2.24) is 15.4 Å². The van der Waals surface area contributed by atoms with Gasteiger partial charge in [-0.1, -0.05) is 0 Å². The number of hydrogen-bond donors (Lipinski definition) is 3. The van der Waals surface area contributed by atoms with Crippen LogP contribution in [0.15, 0.2) is 23.2 Å². The van der Waals surface area contributed by atoms with Gasteiger partial charge in [0.15, 0.2) is 5.96 Å². The van der Waals surface area contributed by atoms with E-state index in [4.69, 9.17) is 14.2 Å². The molecule has 1 aliphatic rings. The van der Waals surface area contributed by atoms with Crippen LogP contribution in [0.1, 0.15) is 37.8 Å². The second-order valence-electron chi connectivity index (χ2n) is 7.13. The molecule has 9 nitrogen and oxygen atoms in total. The van der Waals surface area contributed by atoms with Crippen molar-refractivity contribution in [3.8, 4) is 11.5 Å². The highest BCUT2D eigenvalue weighted by atomic mass is 127. The molecule has 0 bridgehead atoms. The molecule has 2 unspecified atom stereocenters. The molecule has 0 aliphatic carbocycles. The van der Waals surface area contributed by atoms with Gasteiger partial charge >= 0.3 is 0 Å². The molecule has 1 heterocycles. The Morgan fingerprint density at radius 3 is 2.68 bits per heavy atom. The molecule has 2 atom stereocenters. The maximum Gasteiger partial charge on any atom is 0.213 e. The Morgan fingerprint density at radius 2 is 2.06 bits per heavy atom. The molecule has 1 aliphatic heterocycles. The number of hydrogen-bond acceptors (Lipinski definition) is 6. The third kappa shape index (κ3) is 9.38. The maximum absolute atomic E-state index is 12.2. The minimum atomic E-state index is -3.40. The van der Waals surface area contributed by atoms with E-state index in [9.17, 15) is 8.42 Å². The van der Waals surface area contributed by atoms with E-state index in [1.807, 2.05) is 25.1 Å². The van der Waals surface area contributed by atoms with Crippen LogP contribution in [-0.4, -0.2) is 67.2 Å². The SMILES string of the molecule is CN=C(NCCS(=O)(=O)NCC1CCCCO1)NC(C)c1cc(OC)ccc1OC.I. The molecule has 0 spiro atoms. The first-order valence-electron chi connectivity index (χ1n) is 10.2. The molecule has 3 N–H and O–H groups in total. The minimum absolute atomic E-state index is 0. The number of rotatable bonds is 10. The number of halogens is 1. The molecule has 0 saturated carbocycles. The van der Waals surface area contributed by atoms with Gasteiger partial charge in [-0.05, 0) is 44.4 Å². The van der Waals surface area contributed by atoms with E-state index < -0.39 is 10.0 Å². The molecule has 1 aromatic rings. The van der Waals surface area contributed by atoms with Gasteiger partial charge in [0.05, 0.1) is 32.1 Å². The van der Waals surface area contributed by atoms with Gasteiger partial charge in [0.1, 0.15) is 11.5 Å². The van der Waals surface area contributed by atoms with Crippen molar-refractivity contribution >= 4 is 40.0 Å². The smallest absolute Gasteiger partial charge is 0.213 e. The fourth-order valence-corrected chi connectivity index (χ4v) is 4.17. The molecular formula is C20H35IN4O5S. The molecule has 1 saturated heterocycles. The Hall–Kier alpha value is -1.31. The van der Waals surface area contributed by atoms with Crippen molar-refractivity contribution in [3.05, 3.63) is 23.8 Å². The Morgan fingerprint density at radius 1 is 1.29 bits per heavy atom. The van der Waals surface area contributed by atoms with Crippen molar-refractivity contribution in [2.75, 3.05) is 46.7 Å². The van der Waals surface area contributed by atoms with Gasteiger partial charge in [0.25, 0.3) is 0 Å². The molecule has 0 radical (unpaired) electrons. The number of aliphatic imine (C=N–C) groups is 1. The van der Waals surface area contributed by atoms with Gasteiger partial charge in [-0.3, -0.25) is 4.99 Å². The number of benzene rings is 1. The zero-order chi connectivity index (χ0) is 22.0. The summed E-state index contributed by atoms with van der Waals surface area (Å²) in [7, 11) is 1.46. The van der Waals surface area contributed by atoms with Crippen LogP contribution < -0.4 is 24.8 Å². The number of ether oxygens (including phenoxy) is 3. The number of guanidine groups is 1. The summed E-state index contributed by atoms with van der Waals surface area (Å²) < 4.78 is 43.4. The molecule has 2 rings (SSSR count). The topological polar surface area (TPSA) is 110 Å². The van der Waals surface area contributed by atoms with E-state index in [0.29, 0.717) is 19.1 Å². The van der Waals surface area contributed by atoms with Crippen LogP contribution in [0.25, 0.3) is 0 Å². The third-order valence-corrected chi connectivity index (χ3v) is 6.30. The van der Waals surface area contributed by atoms with Crippen molar-refractivity contribution in [1.29, 1.82) is 0 Å². The monoisotopic (exact) mass is 570 g/mol. The van der Waals surface area contributed by atoms with Gasteiger partial charge in [0, 0.05) is 32.3 Å². The fraction of sp³-hybridized carbons (Fsp3) is 0.650. The van der Waals surface area contributed by atoms with E-state index >= 15 is 0 Å². The molecule has 178 valence electrons. The van der Waals surface area contributed by atoms with Crippen LogP contribution in [0.5, 0.6) is 11.5 Å². The summed E-state index contributed by atoms with van der Waals surface area (Å²) in [4.78, 5) is 4.18. The summed E-state index contributed by atoms with van der Waals surface area (Å²) >= 11 is 0. The third-order valence-electron chi connectivity index (χ3n) is 4.95. The zero-order valence-electron chi connectivity index (χ0n) is 18.6. The largest absolute Gasteiger partial charge is 0.497 e. The Kier molecular flexibility index (Phi) is 12.5. The number of sulfonamides is 1. The summed E-state index contributed by atoms with van der Waals surface area (Å²) in [5.41, 5.74) is 0.904. The van der Waals surface area contributed by atoms with Gasteiger partial charge in [-0.25, -0.2) is 13.1 Å². The number of nitrogens with zero attached hydrogens (tertiary/aromatic N) is 1. The van der Waals surface area contributed by atoms with Crippen molar-refractivity contribution in [2.24, 2.45) is 4.99 Å². The summed E-state index contributed by atoms with van der Waals surface area (Å²) in [5.74, 6) is 1.89. The van der Waals surface area contributed by atoms with Crippen molar-refractivity contribution in [3.63, 3.8) is 0 Å². The van der Waals surface area contributed by atoms with Crippen LogP contribution in [0.3, 0.4) is 0 Å². The first-order chi connectivity index (χ1) is 14.4. The van der Waals surface area contributed by atoms with E-state index in [-0.39, 0.29) is 48.4 Å². The lowest BCUT2D eigenvalue weighted by Crippen LogP contribution is -2.43. The first-order valence-corrected chi connectivity index (χ1v) is 11.8. The van der Waals surface area contributed by atoms with Crippen LogP contribution in [0.2, 0.25) is 0 Å². The molecule has 1 aromatic carbocycles. The van der Waals surface area contributed by atoms with Gasteiger partial charge in [-0.15, -0.1) is 24.0 Å². The Bertz CT molecular complexity index is 801. The molecule has 31 heavy (non-hydrogen) atoms. The van der Waals surface area contributed by atoms with Crippen molar-refractivity contribution < 1.29 is 22.6 Å². The second-order valence-corrected chi connectivity index (χ2v) is 9.06. The fourth-order valence-electron chi connectivity index (χ4n) is 3.22. The van der Waals surface area contributed by atoms with Crippen LogP contribution in [-0.2, 0) is 14.8 Å². The predicted molar refractivity (Wildman–Crippen MR) is 133 cm³/mol. The quantitative estimate of drug-likeness (QED) is 0.224. The molecular weight excluding hydrogens is 535 g/mol. The summed E-state index contributed by atoms with van der Waals surface area (Å²) in [6, 6.07) is 5.43. The normalized spacial score (nSPS) is 17.9. The highest BCUT2D eigenvalue weighted by Crippen LogP contribution is 2.29. The molecule has 0 aromatic heterocycles. The standard InChI is InChI=1S/C20H34N4O5S.HI/c1-15(18-13-16(27-3)8-9-19(18)28-4)24-20(21-2)22-10-12-30(25,26)23-14-17-7-5-6-11-29-17;/h8-9,13,15,17,23H,5-7,10-12,14H2,1-4H3,(H2,21,22,24);1H. The van der Waals surface area contributed by atoms with E-state index in [1.54, 1.807) is 21.3 Å². The summed E-state index contributed by atoms with van der Waals surface area (Å²) in [5, 5.41) is 6.29. The molecule has 11 heteroatoms. The van der Waals surface area contributed by atoms with Gasteiger partial charge in [-0.2, -0.15) is 0 Å². The average Bonchev–Trinajstić information content (AvgIpc) is 2.77. The Labute approximate surface area is 202 Å². The number of methoxy groups -OCH3 is 2. The first kappa shape index (κ1) is 27.7. The highest BCUT2D eigenvalue weighted by Gasteiger charge is 2.18. The van der Waals surface area contributed by atoms with E-state index in [0.717, 1.165) is 36.3 Å². The highest BCUT2D eigenvalue weighted by molar-refractivity contribution is 14.0. The number of nitrogens with one attached hydrogen (secondary N) is 3. The lowest BCUT2D eigenvalue weighted by molar-refractivity contribution is 0.0200. The van der Waals surface area contributed by atoms with Gasteiger partial charge < -0.3 is 24.8 Å². The second kappa shape index (κ2) is 14.0. The lowest BCUT2D eigenvalue weighted by atomic mass is 10.1. The van der Waals surface area contributed by atoms with E-state index in [1.165, 1.54) is 0 Å². The molecule has 1 fully saturated rings. The van der Waals surface area contributed by atoms with Crippen LogP contribution >= 0.6 is 24.0 Å². The van der Waals surface area contributed by atoms with Crippen LogP contribution in [0.4, 0.5) is 0 Å². The predicted octanol–water partition coefficient (Wildman–Crippen LogP) is 2.04. The minimum Gasteiger partial charge on any atom is -0.497 e. The van der Waals surface area contributed by atoms with E-state index in [2.05, 4.69) is 20.3 Å². The average molecular weight is 570 g/mol.